The topological polar surface area (TPSA) is 41.5 Å². The van der Waals surface area contributed by atoms with E-state index < -0.39 is 6.10 Å². The molecule has 0 unspecified atom stereocenters. The molecule has 0 spiro atoms. The molecule has 0 aromatic heterocycles. The maximum Gasteiger partial charge on any atom is 0.123 e. The van der Waals surface area contributed by atoms with E-state index in [2.05, 4.69) is 5.32 Å². The van der Waals surface area contributed by atoms with Gasteiger partial charge in [-0.1, -0.05) is 12.1 Å². The molecule has 0 aliphatic carbocycles. The van der Waals surface area contributed by atoms with E-state index in [0.717, 1.165) is 51.2 Å². The number of aliphatic hydroxyl groups is 1. The van der Waals surface area contributed by atoms with Crippen LogP contribution < -0.4 is 5.32 Å². The Kier molecular flexibility index (Phi) is 6.63. The zero-order valence-electron chi connectivity index (χ0n) is 12.7. The summed E-state index contributed by atoms with van der Waals surface area (Å²) in [6.07, 6.45) is 4.88. The summed E-state index contributed by atoms with van der Waals surface area (Å²) in [5.74, 6) is 0.449. The lowest BCUT2D eigenvalue weighted by molar-refractivity contribution is 0.0604. The minimum atomic E-state index is -0.625. The molecule has 0 radical (unpaired) electrons. The van der Waals surface area contributed by atoms with Gasteiger partial charge < -0.3 is 15.2 Å². The molecule has 2 saturated heterocycles. The zero-order valence-corrected chi connectivity index (χ0v) is 13.5. The van der Waals surface area contributed by atoms with E-state index in [0.29, 0.717) is 11.6 Å². The lowest BCUT2D eigenvalue weighted by Crippen LogP contribution is -2.35. The highest BCUT2D eigenvalue weighted by atomic mass is 35.5. The van der Waals surface area contributed by atoms with Crippen LogP contribution in [0, 0.1) is 11.7 Å². The van der Waals surface area contributed by atoms with Crippen LogP contribution in [-0.4, -0.2) is 30.4 Å². The number of nitrogens with one attached hydrogen (secondary N) is 1. The fourth-order valence-electron chi connectivity index (χ4n) is 3.59. The van der Waals surface area contributed by atoms with Crippen molar-refractivity contribution in [1.29, 1.82) is 0 Å². The van der Waals surface area contributed by atoms with Crippen LogP contribution in [0.3, 0.4) is 0 Å². The van der Waals surface area contributed by atoms with Crippen LogP contribution in [0.5, 0.6) is 0 Å². The van der Waals surface area contributed by atoms with Crippen molar-refractivity contribution in [2.24, 2.45) is 5.92 Å². The van der Waals surface area contributed by atoms with Crippen LogP contribution in [0.25, 0.3) is 0 Å². The number of halogens is 2. The van der Waals surface area contributed by atoms with Crippen LogP contribution in [0.1, 0.15) is 43.8 Å². The number of aliphatic hydroxyl groups excluding tert-OH is 1. The molecule has 0 bridgehead atoms. The van der Waals surface area contributed by atoms with Crippen molar-refractivity contribution in [3.63, 3.8) is 0 Å². The van der Waals surface area contributed by atoms with Gasteiger partial charge in [0.25, 0.3) is 0 Å². The predicted molar refractivity (Wildman–Crippen MR) is 86.7 cm³/mol. The molecule has 0 amide bonds. The third-order valence-corrected chi connectivity index (χ3v) is 4.81. The summed E-state index contributed by atoms with van der Waals surface area (Å²) < 4.78 is 18.7. The summed E-state index contributed by atoms with van der Waals surface area (Å²) in [5, 5.41) is 14.0. The molecule has 22 heavy (non-hydrogen) atoms. The molecular formula is C17H25ClFNO2. The fourth-order valence-corrected chi connectivity index (χ4v) is 3.59. The minimum absolute atomic E-state index is 0. The first kappa shape index (κ1) is 17.7. The largest absolute Gasteiger partial charge is 0.387 e. The van der Waals surface area contributed by atoms with Crippen LogP contribution in [-0.2, 0) is 4.74 Å². The number of benzene rings is 1. The third kappa shape index (κ3) is 4.42. The van der Waals surface area contributed by atoms with Gasteiger partial charge in [-0.05, 0) is 55.7 Å². The quantitative estimate of drug-likeness (QED) is 0.891. The molecule has 1 aromatic carbocycles. The Morgan fingerprint density at radius 1 is 1.23 bits per heavy atom. The Hall–Kier alpha value is -0.680. The Labute approximate surface area is 137 Å². The van der Waals surface area contributed by atoms with Crippen LogP contribution in [0.2, 0.25) is 0 Å². The summed E-state index contributed by atoms with van der Waals surface area (Å²) in [5.41, 5.74) is 0.666. The van der Waals surface area contributed by atoms with Gasteiger partial charge in [-0.2, -0.15) is 0 Å². The summed E-state index contributed by atoms with van der Waals surface area (Å²) in [6.45, 7) is 1.76. The predicted octanol–water partition coefficient (Wildman–Crippen LogP) is 3.22. The lowest BCUT2D eigenvalue weighted by Gasteiger charge is -2.26. The van der Waals surface area contributed by atoms with Gasteiger partial charge in [-0.25, -0.2) is 4.39 Å². The first-order chi connectivity index (χ1) is 10.2. The lowest BCUT2D eigenvalue weighted by atomic mass is 9.92. The Balaban J connectivity index is 0.00000176. The Morgan fingerprint density at radius 3 is 2.73 bits per heavy atom. The van der Waals surface area contributed by atoms with Crippen LogP contribution in [0.15, 0.2) is 24.3 Å². The first-order valence-corrected chi connectivity index (χ1v) is 7.99. The van der Waals surface area contributed by atoms with Gasteiger partial charge in [0.05, 0.1) is 6.10 Å². The fraction of sp³-hybridized carbons (Fsp3) is 0.647. The van der Waals surface area contributed by atoms with Gasteiger partial charge >= 0.3 is 0 Å². The number of rotatable bonds is 4. The molecule has 3 atom stereocenters. The highest BCUT2D eigenvalue weighted by Gasteiger charge is 2.31. The summed E-state index contributed by atoms with van der Waals surface area (Å²) in [6, 6.07) is 6.80. The molecular weight excluding hydrogens is 305 g/mol. The van der Waals surface area contributed by atoms with Gasteiger partial charge in [0, 0.05) is 25.3 Å². The van der Waals surface area contributed by atoms with Gasteiger partial charge in [0.2, 0.25) is 0 Å². The molecule has 3 nitrogen and oxygen atoms in total. The van der Waals surface area contributed by atoms with E-state index in [1.165, 1.54) is 12.1 Å². The summed E-state index contributed by atoms with van der Waals surface area (Å²) in [7, 11) is 0. The van der Waals surface area contributed by atoms with E-state index >= 15 is 0 Å². The van der Waals surface area contributed by atoms with Crippen LogP contribution >= 0.6 is 12.4 Å². The number of hydrogen-bond donors (Lipinski definition) is 2. The van der Waals surface area contributed by atoms with Gasteiger partial charge in [-0.3, -0.25) is 0 Å². The molecule has 1 aromatic rings. The van der Waals surface area contributed by atoms with E-state index in [9.17, 15) is 9.50 Å². The molecule has 0 saturated carbocycles. The van der Waals surface area contributed by atoms with Crippen molar-refractivity contribution in [1.82, 2.24) is 5.32 Å². The van der Waals surface area contributed by atoms with Gasteiger partial charge in [-0.15, -0.1) is 12.4 Å². The van der Waals surface area contributed by atoms with Gasteiger partial charge in [0.1, 0.15) is 5.82 Å². The van der Waals surface area contributed by atoms with Crippen molar-refractivity contribution >= 4 is 12.4 Å². The standard InChI is InChI=1S/C17H24FNO2.ClH/c18-14-3-1-2-13(11-14)17(20)16-5-4-15(19-16)10-12-6-8-21-9-7-12;/h1-3,11-12,15-17,19-20H,4-10H2;1H/t15-,16+,17-;/m0./s1. The monoisotopic (exact) mass is 329 g/mol. The summed E-state index contributed by atoms with van der Waals surface area (Å²) in [4.78, 5) is 0. The molecule has 2 aliphatic heterocycles. The second-order valence-electron chi connectivity index (χ2n) is 6.34. The van der Waals surface area contributed by atoms with Crippen molar-refractivity contribution < 1.29 is 14.2 Å². The molecule has 2 fully saturated rings. The molecule has 2 heterocycles. The van der Waals surface area contributed by atoms with E-state index in [1.807, 2.05) is 0 Å². The number of hydrogen-bond acceptors (Lipinski definition) is 3. The zero-order chi connectivity index (χ0) is 14.7. The molecule has 2 N–H and O–H groups in total. The SMILES string of the molecule is Cl.O[C@@H](c1cccc(F)c1)[C@H]1CC[C@@H](CC2CCOCC2)N1. The van der Waals surface area contributed by atoms with Gasteiger partial charge in [0.15, 0.2) is 0 Å². The minimum Gasteiger partial charge on any atom is -0.387 e. The normalized spacial score (nSPS) is 27.4. The average molecular weight is 330 g/mol. The maximum atomic E-state index is 13.3. The highest BCUT2D eigenvalue weighted by molar-refractivity contribution is 5.85. The maximum absolute atomic E-state index is 13.3. The van der Waals surface area contributed by atoms with Crippen LogP contribution in [0.4, 0.5) is 4.39 Å². The Morgan fingerprint density at radius 2 is 2.00 bits per heavy atom. The van der Waals surface area contributed by atoms with E-state index in [4.69, 9.17) is 4.74 Å². The molecule has 5 heteroatoms. The smallest absolute Gasteiger partial charge is 0.123 e. The van der Waals surface area contributed by atoms with Crippen molar-refractivity contribution in [3.05, 3.63) is 35.6 Å². The highest BCUT2D eigenvalue weighted by Crippen LogP contribution is 2.30. The molecule has 3 rings (SSSR count). The number of ether oxygens (including phenoxy) is 1. The van der Waals surface area contributed by atoms with Crippen molar-refractivity contribution in [3.8, 4) is 0 Å². The van der Waals surface area contributed by atoms with E-state index in [1.54, 1.807) is 12.1 Å². The van der Waals surface area contributed by atoms with Crippen molar-refractivity contribution in [2.75, 3.05) is 13.2 Å². The second-order valence-corrected chi connectivity index (χ2v) is 6.34. The Bertz CT molecular complexity index is 468. The second kappa shape index (κ2) is 8.25. The third-order valence-electron chi connectivity index (χ3n) is 4.81. The summed E-state index contributed by atoms with van der Waals surface area (Å²) >= 11 is 0. The van der Waals surface area contributed by atoms with Crippen molar-refractivity contribution in [2.45, 2.75) is 50.3 Å². The first-order valence-electron chi connectivity index (χ1n) is 7.99. The molecule has 124 valence electrons. The van der Waals surface area contributed by atoms with E-state index in [-0.39, 0.29) is 24.3 Å². The molecule has 2 aliphatic rings. The average Bonchev–Trinajstić information content (AvgIpc) is 2.96.